The standard InChI is InChI=1S/C13H17N3O5/c1-3-10(13(18)19)15(2)8-12(17)14-9-6-4-5-7-11(9)16(20)21/h4-7,10H,3,8H2,1-2H3,(H,14,17)(H,18,19). The smallest absolute Gasteiger partial charge is 0.320 e. The first kappa shape index (κ1) is 16.6. The van der Waals surface area contributed by atoms with Crippen LogP contribution >= 0.6 is 0 Å². The summed E-state index contributed by atoms with van der Waals surface area (Å²) < 4.78 is 0. The molecule has 0 radical (unpaired) electrons. The zero-order valence-electron chi connectivity index (χ0n) is 11.8. The van der Waals surface area contributed by atoms with Crippen LogP contribution in [0.2, 0.25) is 0 Å². The van der Waals surface area contributed by atoms with Crippen molar-refractivity contribution in [1.29, 1.82) is 0 Å². The first-order chi connectivity index (χ1) is 9.86. The van der Waals surface area contributed by atoms with Crippen molar-refractivity contribution in [2.24, 2.45) is 0 Å². The van der Waals surface area contributed by atoms with Crippen LogP contribution in [0.5, 0.6) is 0 Å². The molecule has 1 unspecified atom stereocenters. The van der Waals surface area contributed by atoms with E-state index in [0.29, 0.717) is 6.42 Å². The third-order valence-corrected chi connectivity index (χ3v) is 2.97. The monoisotopic (exact) mass is 295 g/mol. The number of amides is 1. The molecule has 1 atom stereocenters. The molecule has 1 aromatic carbocycles. The molecule has 0 bridgehead atoms. The molecule has 0 aliphatic rings. The number of nitro benzene ring substituents is 1. The number of rotatable bonds is 7. The van der Waals surface area contributed by atoms with Gasteiger partial charge < -0.3 is 10.4 Å². The lowest BCUT2D eigenvalue weighted by Crippen LogP contribution is -2.42. The van der Waals surface area contributed by atoms with E-state index in [-0.39, 0.29) is 17.9 Å². The first-order valence-electron chi connectivity index (χ1n) is 6.33. The number of carbonyl (C=O) groups excluding carboxylic acids is 1. The van der Waals surface area contributed by atoms with Crippen LogP contribution < -0.4 is 5.32 Å². The van der Waals surface area contributed by atoms with Gasteiger partial charge >= 0.3 is 5.97 Å². The summed E-state index contributed by atoms with van der Waals surface area (Å²) in [6.45, 7) is 1.53. The van der Waals surface area contributed by atoms with E-state index in [4.69, 9.17) is 5.11 Å². The topological polar surface area (TPSA) is 113 Å². The van der Waals surface area contributed by atoms with Crippen molar-refractivity contribution in [3.63, 3.8) is 0 Å². The molecule has 0 saturated heterocycles. The van der Waals surface area contributed by atoms with Crippen LogP contribution in [0.15, 0.2) is 24.3 Å². The van der Waals surface area contributed by atoms with E-state index in [2.05, 4.69) is 5.32 Å². The van der Waals surface area contributed by atoms with Crippen molar-refractivity contribution in [3.8, 4) is 0 Å². The van der Waals surface area contributed by atoms with Crippen LogP contribution in [-0.2, 0) is 9.59 Å². The van der Waals surface area contributed by atoms with Gasteiger partial charge in [0.05, 0.1) is 11.5 Å². The van der Waals surface area contributed by atoms with Crippen LogP contribution in [-0.4, -0.2) is 46.4 Å². The Morgan fingerprint density at radius 3 is 2.57 bits per heavy atom. The largest absolute Gasteiger partial charge is 0.480 e. The molecule has 0 aliphatic heterocycles. The minimum absolute atomic E-state index is 0.0873. The number of nitro groups is 1. The van der Waals surface area contributed by atoms with Gasteiger partial charge in [0.1, 0.15) is 11.7 Å². The molecule has 1 aromatic rings. The Hall–Kier alpha value is -2.48. The zero-order valence-corrected chi connectivity index (χ0v) is 11.8. The molecule has 8 nitrogen and oxygen atoms in total. The molecule has 1 amide bonds. The second-order valence-electron chi connectivity index (χ2n) is 4.50. The molecule has 1 rings (SSSR count). The van der Waals surface area contributed by atoms with Gasteiger partial charge in [0.25, 0.3) is 5.69 Å². The van der Waals surface area contributed by atoms with E-state index in [0.717, 1.165) is 0 Å². The van der Waals surface area contributed by atoms with Crippen molar-refractivity contribution in [1.82, 2.24) is 4.90 Å². The Bertz CT molecular complexity index is 546. The number of likely N-dealkylation sites (N-methyl/N-ethyl adjacent to an activating group) is 1. The normalized spacial score (nSPS) is 12.0. The van der Waals surface area contributed by atoms with Crippen molar-refractivity contribution in [2.45, 2.75) is 19.4 Å². The number of carboxylic acids is 1. The highest BCUT2D eigenvalue weighted by atomic mass is 16.6. The number of aliphatic carboxylic acids is 1. The predicted molar refractivity (Wildman–Crippen MR) is 76.1 cm³/mol. The first-order valence-corrected chi connectivity index (χ1v) is 6.33. The Morgan fingerprint density at radius 1 is 1.43 bits per heavy atom. The van der Waals surface area contributed by atoms with Crippen LogP contribution in [0.3, 0.4) is 0 Å². The zero-order chi connectivity index (χ0) is 16.0. The van der Waals surface area contributed by atoms with Crippen LogP contribution in [0.4, 0.5) is 11.4 Å². The van der Waals surface area contributed by atoms with E-state index in [9.17, 15) is 19.7 Å². The summed E-state index contributed by atoms with van der Waals surface area (Å²) in [4.78, 5) is 34.5. The minimum atomic E-state index is -1.02. The van der Waals surface area contributed by atoms with Crippen LogP contribution in [0, 0.1) is 10.1 Å². The van der Waals surface area contributed by atoms with Crippen molar-refractivity contribution < 1.29 is 19.6 Å². The van der Waals surface area contributed by atoms with Crippen molar-refractivity contribution in [2.75, 3.05) is 18.9 Å². The number of anilines is 1. The number of carboxylic acid groups (broad SMARTS) is 1. The molecular formula is C13H17N3O5. The van der Waals surface area contributed by atoms with Gasteiger partial charge in [-0.15, -0.1) is 0 Å². The highest BCUT2D eigenvalue weighted by Gasteiger charge is 2.23. The van der Waals surface area contributed by atoms with Gasteiger partial charge in [-0.3, -0.25) is 24.6 Å². The van der Waals surface area contributed by atoms with E-state index >= 15 is 0 Å². The lowest BCUT2D eigenvalue weighted by molar-refractivity contribution is -0.383. The van der Waals surface area contributed by atoms with Gasteiger partial charge in [-0.05, 0) is 19.5 Å². The van der Waals surface area contributed by atoms with Crippen molar-refractivity contribution in [3.05, 3.63) is 34.4 Å². The summed E-state index contributed by atoms with van der Waals surface area (Å²) >= 11 is 0. The summed E-state index contributed by atoms with van der Waals surface area (Å²) in [5.41, 5.74) is -0.122. The summed E-state index contributed by atoms with van der Waals surface area (Å²) in [6, 6.07) is 4.99. The maximum Gasteiger partial charge on any atom is 0.320 e. The Morgan fingerprint density at radius 2 is 2.05 bits per heavy atom. The molecular weight excluding hydrogens is 278 g/mol. The number of carbonyl (C=O) groups is 2. The molecule has 2 N–H and O–H groups in total. The number of para-hydroxylation sites is 2. The Kier molecular flexibility index (Phi) is 5.79. The summed E-state index contributed by atoms with van der Waals surface area (Å²) in [7, 11) is 1.52. The molecule has 8 heteroatoms. The molecule has 0 aromatic heterocycles. The number of hydrogen-bond acceptors (Lipinski definition) is 5. The Labute approximate surface area is 121 Å². The van der Waals surface area contributed by atoms with Gasteiger partial charge in [-0.25, -0.2) is 0 Å². The quantitative estimate of drug-likeness (QED) is 0.579. The van der Waals surface area contributed by atoms with E-state index in [1.165, 1.54) is 30.1 Å². The van der Waals surface area contributed by atoms with Gasteiger partial charge in [0, 0.05) is 6.07 Å². The third-order valence-electron chi connectivity index (χ3n) is 2.97. The SMILES string of the molecule is CCC(C(=O)O)N(C)CC(=O)Nc1ccccc1[N+](=O)[O-]. The van der Waals surface area contributed by atoms with Gasteiger partial charge in [0.2, 0.25) is 5.91 Å². The number of nitrogens with zero attached hydrogens (tertiary/aromatic N) is 2. The van der Waals surface area contributed by atoms with E-state index in [1.54, 1.807) is 13.0 Å². The fourth-order valence-electron chi connectivity index (χ4n) is 1.94. The summed E-state index contributed by atoms with van der Waals surface area (Å²) in [5.74, 6) is -1.52. The molecule has 21 heavy (non-hydrogen) atoms. The number of hydrogen-bond donors (Lipinski definition) is 2. The number of nitrogens with one attached hydrogen (secondary N) is 1. The fourth-order valence-corrected chi connectivity index (χ4v) is 1.94. The summed E-state index contributed by atoms with van der Waals surface area (Å²) in [6.07, 6.45) is 0.352. The molecule has 0 aliphatic carbocycles. The molecule has 0 heterocycles. The maximum atomic E-state index is 11.9. The highest BCUT2D eigenvalue weighted by molar-refractivity contribution is 5.94. The maximum absolute atomic E-state index is 11.9. The molecule has 114 valence electrons. The van der Waals surface area contributed by atoms with Gasteiger partial charge in [-0.1, -0.05) is 19.1 Å². The Balaban J connectivity index is 2.74. The molecule has 0 saturated carbocycles. The second kappa shape index (κ2) is 7.34. The van der Waals surface area contributed by atoms with Crippen LogP contribution in [0.25, 0.3) is 0 Å². The average molecular weight is 295 g/mol. The van der Waals surface area contributed by atoms with Gasteiger partial charge in [-0.2, -0.15) is 0 Å². The van der Waals surface area contributed by atoms with Gasteiger partial charge in [0.15, 0.2) is 0 Å². The van der Waals surface area contributed by atoms with Crippen molar-refractivity contribution >= 4 is 23.3 Å². The molecule has 0 fully saturated rings. The highest BCUT2D eigenvalue weighted by Crippen LogP contribution is 2.23. The lowest BCUT2D eigenvalue weighted by Gasteiger charge is -2.22. The lowest BCUT2D eigenvalue weighted by atomic mass is 10.2. The molecule has 0 spiro atoms. The van der Waals surface area contributed by atoms with E-state index in [1.807, 2.05) is 0 Å². The fraction of sp³-hybridized carbons (Fsp3) is 0.385. The van der Waals surface area contributed by atoms with E-state index < -0.39 is 22.8 Å². The van der Waals surface area contributed by atoms with Crippen LogP contribution in [0.1, 0.15) is 13.3 Å². The minimum Gasteiger partial charge on any atom is -0.480 e. The number of benzene rings is 1. The summed E-state index contributed by atoms with van der Waals surface area (Å²) in [5, 5.41) is 22.3. The third kappa shape index (κ3) is 4.53. The predicted octanol–water partition coefficient (Wildman–Crippen LogP) is 1.33. The average Bonchev–Trinajstić information content (AvgIpc) is 2.38. The second-order valence-corrected chi connectivity index (χ2v) is 4.50.